The van der Waals surface area contributed by atoms with Gasteiger partial charge in [-0.25, -0.2) is 4.98 Å². The van der Waals surface area contributed by atoms with Gasteiger partial charge in [0.1, 0.15) is 17.1 Å². The third-order valence-corrected chi connectivity index (χ3v) is 5.24. The Morgan fingerprint density at radius 2 is 1.97 bits per heavy atom. The summed E-state index contributed by atoms with van der Waals surface area (Å²) < 4.78 is 5.47. The minimum Gasteiger partial charge on any atom is -0.451 e. The van der Waals surface area contributed by atoms with Crippen LogP contribution in [0.15, 0.2) is 53.9 Å². The Kier molecular flexibility index (Phi) is 14.8. The molecule has 0 fully saturated rings. The highest BCUT2D eigenvalue weighted by molar-refractivity contribution is 6.30. The third-order valence-electron chi connectivity index (χ3n) is 5.02. The Morgan fingerprint density at radius 3 is 2.53 bits per heavy atom. The van der Waals surface area contributed by atoms with Crippen LogP contribution in [-0.2, 0) is 4.79 Å². The number of nitrogens with zero attached hydrogens (tertiary/aromatic N) is 3. The molecule has 8 nitrogen and oxygen atoms in total. The highest BCUT2D eigenvalue weighted by atomic mass is 35.5. The molecule has 1 atom stereocenters. The number of nitrogens with one attached hydrogen (secondary N) is 2. The van der Waals surface area contributed by atoms with Crippen molar-refractivity contribution in [1.82, 2.24) is 14.9 Å². The lowest BCUT2D eigenvalue weighted by atomic mass is 9.96. The number of halogens is 1. The molecular weight excluding hydrogens is 478 g/mol. The number of carbonyl (C=O) groups is 2. The predicted octanol–water partition coefficient (Wildman–Crippen LogP) is 6.31. The number of hydrogen-bond acceptors (Lipinski definition) is 7. The molecule has 3 aromatic heterocycles. The van der Waals surface area contributed by atoms with E-state index >= 15 is 0 Å². The predicted molar refractivity (Wildman–Crippen MR) is 149 cm³/mol. The van der Waals surface area contributed by atoms with E-state index in [2.05, 4.69) is 39.0 Å². The number of fused-ring (bicyclic) bond motifs is 1. The molecule has 3 heterocycles. The van der Waals surface area contributed by atoms with Crippen molar-refractivity contribution in [3.8, 4) is 0 Å². The molecule has 196 valence electrons. The van der Waals surface area contributed by atoms with Gasteiger partial charge < -0.3 is 20.0 Å². The zero-order valence-electron chi connectivity index (χ0n) is 21.9. The van der Waals surface area contributed by atoms with Gasteiger partial charge in [-0.05, 0) is 65.0 Å². The molecule has 36 heavy (non-hydrogen) atoms. The lowest BCUT2D eigenvalue weighted by molar-refractivity contribution is -0.120. The topological polar surface area (TPSA) is 100 Å². The van der Waals surface area contributed by atoms with Gasteiger partial charge in [0.05, 0.1) is 10.4 Å². The Labute approximate surface area is 219 Å². The fourth-order valence-corrected chi connectivity index (χ4v) is 3.44. The Balaban J connectivity index is 0.000000446. The SMILES string of the molecule is C=CC.CCC[C@H](CCCN(C)C)C(=O)Nc1c(C=O)oc2ccncc12.CNc1ccc(Cl)cn1. The monoisotopic (exact) mass is 515 g/mol. The van der Waals surface area contributed by atoms with Crippen molar-refractivity contribution in [2.45, 2.75) is 39.5 Å². The van der Waals surface area contributed by atoms with Crippen LogP contribution in [0.25, 0.3) is 11.0 Å². The van der Waals surface area contributed by atoms with Crippen LogP contribution in [0.3, 0.4) is 0 Å². The second kappa shape index (κ2) is 17.2. The van der Waals surface area contributed by atoms with E-state index in [-0.39, 0.29) is 17.6 Å². The first kappa shape index (κ1) is 30.8. The first-order chi connectivity index (χ1) is 17.3. The van der Waals surface area contributed by atoms with Crippen molar-refractivity contribution in [2.24, 2.45) is 5.92 Å². The zero-order valence-corrected chi connectivity index (χ0v) is 22.6. The second-order valence-corrected chi connectivity index (χ2v) is 8.71. The number of allylic oxidation sites excluding steroid dienone is 1. The Morgan fingerprint density at radius 1 is 1.25 bits per heavy atom. The standard InChI is InChI=1S/C18H25N3O3.C6H7ClN2.C3H6/c1-4-6-13(7-5-10-21(2)3)18(23)20-17-14-11-19-9-8-15(14)24-16(17)12-22;1-8-6-3-2-5(7)4-9-6;1-3-2/h8-9,11-13H,4-7,10H2,1-3H3,(H,20,23);2-4H,1H3,(H,8,9);3H,1H2,2H3/t13-;;/m1../s1. The van der Waals surface area contributed by atoms with E-state index < -0.39 is 0 Å². The Bertz CT molecular complexity index is 1070. The highest BCUT2D eigenvalue weighted by Gasteiger charge is 2.22. The number of aldehydes is 1. The molecule has 9 heteroatoms. The van der Waals surface area contributed by atoms with Gasteiger partial charge in [0.2, 0.25) is 5.91 Å². The lowest BCUT2D eigenvalue weighted by Crippen LogP contribution is -2.24. The molecule has 0 unspecified atom stereocenters. The molecule has 0 aliphatic rings. The summed E-state index contributed by atoms with van der Waals surface area (Å²) >= 11 is 5.58. The fourth-order valence-electron chi connectivity index (χ4n) is 3.33. The third kappa shape index (κ3) is 10.6. The molecule has 0 saturated heterocycles. The van der Waals surface area contributed by atoms with E-state index in [0.717, 1.165) is 38.0 Å². The molecular formula is C27H38ClN5O3. The van der Waals surface area contributed by atoms with Crippen LogP contribution in [0.2, 0.25) is 5.02 Å². The molecule has 0 bridgehead atoms. The van der Waals surface area contributed by atoms with Gasteiger partial charge in [0.25, 0.3) is 0 Å². The number of rotatable bonds is 10. The van der Waals surface area contributed by atoms with Crippen LogP contribution in [0.4, 0.5) is 11.5 Å². The van der Waals surface area contributed by atoms with Crippen molar-refractivity contribution in [3.05, 3.63) is 60.2 Å². The summed E-state index contributed by atoms with van der Waals surface area (Å²) in [6.45, 7) is 8.27. The lowest BCUT2D eigenvalue weighted by Gasteiger charge is -2.17. The maximum Gasteiger partial charge on any atom is 0.227 e. The van der Waals surface area contributed by atoms with E-state index in [9.17, 15) is 9.59 Å². The van der Waals surface area contributed by atoms with Crippen LogP contribution in [-0.4, -0.2) is 54.7 Å². The van der Waals surface area contributed by atoms with Crippen molar-refractivity contribution in [3.63, 3.8) is 0 Å². The first-order valence-corrected chi connectivity index (χ1v) is 12.3. The number of amides is 1. The maximum atomic E-state index is 12.7. The van der Waals surface area contributed by atoms with E-state index in [1.807, 2.05) is 34.1 Å². The minimum absolute atomic E-state index is 0.0646. The number of furan rings is 1. The van der Waals surface area contributed by atoms with Gasteiger partial charge >= 0.3 is 0 Å². The van der Waals surface area contributed by atoms with Gasteiger partial charge in [0, 0.05) is 31.6 Å². The summed E-state index contributed by atoms with van der Waals surface area (Å²) in [5.41, 5.74) is 0.967. The molecule has 0 spiro atoms. The molecule has 0 saturated carbocycles. The number of pyridine rings is 2. The van der Waals surface area contributed by atoms with Crippen molar-refractivity contribution in [1.29, 1.82) is 0 Å². The molecule has 3 rings (SSSR count). The summed E-state index contributed by atoms with van der Waals surface area (Å²) in [5, 5.41) is 7.09. The Hall–Kier alpha value is -3.23. The van der Waals surface area contributed by atoms with Crippen LogP contribution >= 0.6 is 11.6 Å². The van der Waals surface area contributed by atoms with Crippen molar-refractivity contribution < 1.29 is 14.0 Å². The number of carbonyl (C=O) groups excluding carboxylic acids is 2. The summed E-state index contributed by atoms with van der Waals surface area (Å²) in [7, 11) is 5.86. The summed E-state index contributed by atoms with van der Waals surface area (Å²) in [4.78, 5) is 34.0. The quantitative estimate of drug-likeness (QED) is 0.241. The van der Waals surface area contributed by atoms with Gasteiger partial charge in [-0.3, -0.25) is 14.6 Å². The van der Waals surface area contributed by atoms with Gasteiger partial charge in [-0.1, -0.05) is 31.0 Å². The van der Waals surface area contributed by atoms with Gasteiger partial charge in [-0.2, -0.15) is 0 Å². The second-order valence-electron chi connectivity index (χ2n) is 8.27. The molecule has 3 aromatic rings. The minimum atomic E-state index is -0.0731. The van der Waals surface area contributed by atoms with Crippen LogP contribution in [0.1, 0.15) is 50.1 Å². The zero-order chi connectivity index (χ0) is 26.9. The van der Waals surface area contributed by atoms with Crippen molar-refractivity contribution >= 4 is 46.3 Å². The van der Waals surface area contributed by atoms with E-state index in [4.69, 9.17) is 16.0 Å². The highest BCUT2D eigenvalue weighted by Crippen LogP contribution is 2.30. The summed E-state index contributed by atoms with van der Waals surface area (Å²) in [5.74, 6) is 0.829. The summed E-state index contributed by atoms with van der Waals surface area (Å²) in [6, 6.07) is 5.29. The fraction of sp³-hybridized carbons (Fsp3) is 0.407. The van der Waals surface area contributed by atoms with Crippen LogP contribution in [0, 0.1) is 5.92 Å². The molecule has 2 N–H and O–H groups in total. The van der Waals surface area contributed by atoms with Gasteiger partial charge in [0.15, 0.2) is 12.0 Å². The molecule has 0 aliphatic heterocycles. The van der Waals surface area contributed by atoms with Gasteiger partial charge in [-0.15, -0.1) is 6.58 Å². The number of anilines is 2. The summed E-state index contributed by atoms with van der Waals surface area (Å²) in [6.07, 6.45) is 10.7. The number of hydrogen-bond donors (Lipinski definition) is 2. The normalized spacial score (nSPS) is 11.0. The first-order valence-electron chi connectivity index (χ1n) is 11.9. The largest absolute Gasteiger partial charge is 0.451 e. The average Bonchev–Trinajstić information content (AvgIpc) is 3.22. The smallest absolute Gasteiger partial charge is 0.227 e. The van der Waals surface area contributed by atoms with E-state index in [1.165, 1.54) is 0 Å². The van der Waals surface area contributed by atoms with Crippen LogP contribution < -0.4 is 10.6 Å². The van der Waals surface area contributed by atoms with Crippen molar-refractivity contribution in [2.75, 3.05) is 38.3 Å². The molecule has 0 aliphatic carbocycles. The van der Waals surface area contributed by atoms with E-state index in [1.54, 1.807) is 36.8 Å². The van der Waals surface area contributed by atoms with E-state index in [0.29, 0.717) is 28.0 Å². The molecule has 0 radical (unpaired) electrons. The number of aromatic nitrogens is 2. The maximum absolute atomic E-state index is 12.7. The molecule has 1 amide bonds. The molecule has 0 aromatic carbocycles. The average molecular weight is 516 g/mol. The van der Waals surface area contributed by atoms with Crippen LogP contribution in [0.5, 0.6) is 0 Å².